The maximum Gasteiger partial charge on any atom is 0.261 e. The summed E-state index contributed by atoms with van der Waals surface area (Å²) in [5, 5.41) is 12.4. The molecule has 3 saturated heterocycles. The molecule has 4 unspecified atom stereocenters. The van der Waals surface area contributed by atoms with Crippen molar-refractivity contribution >= 4 is 22.7 Å². The molecule has 7 heteroatoms. The van der Waals surface area contributed by atoms with Gasteiger partial charge in [0, 0.05) is 30.7 Å². The van der Waals surface area contributed by atoms with Crippen LogP contribution in [0, 0.1) is 11.8 Å². The minimum Gasteiger partial charge on any atom is -0.494 e. The van der Waals surface area contributed by atoms with Crippen LogP contribution in [0.5, 0.6) is 5.75 Å². The summed E-state index contributed by atoms with van der Waals surface area (Å²) in [6.45, 7) is 6.64. The molecule has 5 atom stereocenters. The van der Waals surface area contributed by atoms with Crippen LogP contribution in [0.25, 0.3) is 10.9 Å². The van der Waals surface area contributed by atoms with E-state index in [-0.39, 0.29) is 17.9 Å². The van der Waals surface area contributed by atoms with E-state index in [1.807, 2.05) is 24.3 Å². The lowest BCUT2D eigenvalue weighted by molar-refractivity contribution is -0.0444. The quantitative estimate of drug-likeness (QED) is 0.285. The number of carbonyl (C=O) groups is 2. The third kappa shape index (κ3) is 4.22. The number of carbonyl (C=O) groups excluding carboxylic acids is 2. The summed E-state index contributed by atoms with van der Waals surface area (Å²) in [4.78, 5) is 33.3. The highest BCUT2D eigenvalue weighted by molar-refractivity contribution is 6.21. The van der Waals surface area contributed by atoms with Crippen LogP contribution in [-0.4, -0.2) is 64.0 Å². The smallest absolute Gasteiger partial charge is 0.261 e. The van der Waals surface area contributed by atoms with Crippen molar-refractivity contribution in [1.82, 2.24) is 14.8 Å². The van der Waals surface area contributed by atoms with Crippen molar-refractivity contribution in [1.29, 1.82) is 0 Å². The molecule has 4 aliphatic heterocycles. The molecule has 2 aromatic carbocycles. The number of aromatic nitrogens is 1. The van der Waals surface area contributed by atoms with Crippen molar-refractivity contribution in [2.75, 3.05) is 26.2 Å². The average molecular weight is 498 g/mol. The van der Waals surface area contributed by atoms with Crippen LogP contribution in [0.1, 0.15) is 51.6 Å². The number of aliphatic hydroxyl groups excluding tert-OH is 1. The summed E-state index contributed by atoms with van der Waals surface area (Å²) in [5.41, 5.74) is 2.61. The Morgan fingerprint density at radius 2 is 1.92 bits per heavy atom. The van der Waals surface area contributed by atoms with E-state index in [9.17, 15) is 14.7 Å². The molecule has 1 aromatic heterocycles. The standard InChI is InChI=1S/C30H31N3O4/c1-2-19-18-32-14-11-20(19)16-27(32)28(34)22-10-12-31-26-9-8-21(17-25(22)26)37-15-5-13-33-29(35)23-6-3-4-7-24(23)30(33)36/h2-4,6-10,12,17,19-20,27-28,34H,1,5,11,13-16,18H2/t19?,20?,27?,28-/m0/s1. The van der Waals surface area contributed by atoms with Gasteiger partial charge in [-0.25, -0.2) is 0 Å². The zero-order valence-electron chi connectivity index (χ0n) is 20.8. The minimum atomic E-state index is -0.608. The first-order valence-corrected chi connectivity index (χ1v) is 13.1. The molecule has 4 aliphatic rings. The molecule has 0 aliphatic carbocycles. The van der Waals surface area contributed by atoms with E-state index in [1.54, 1.807) is 30.5 Å². The van der Waals surface area contributed by atoms with Gasteiger partial charge in [0.15, 0.2) is 0 Å². The molecule has 0 spiro atoms. The minimum absolute atomic E-state index is 0.0878. The van der Waals surface area contributed by atoms with Crippen LogP contribution < -0.4 is 4.74 Å². The molecular weight excluding hydrogens is 466 g/mol. The Morgan fingerprint density at radius 3 is 2.62 bits per heavy atom. The van der Waals surface area contributed by atoms with Gasteiger partial charge >= 0.3 is 0 Å². The Morgan fingerprint density at radius 1 is 1.14 bits per heavy atom. The predicted molar refractivity (Wildman–Crippen MR) is 140 cm³/mol. The number of imide groups is 1. The van der Waals surface area contributed by atoms with E-state index < -0.39 is 6.10 Å². The first-order valence-electron chi connectivity index (χ1n) is 13.1. The SMILES string of the molecule is C=CC1CN2CCC1CC2[C@@H](O)c1ccnc2ccc(OCCCN3C(=O)c4ccccc4C3=O)cc12. The van der Waals surface area contributed by atoms with E-state index in [0.29, 0.717) is 48.3 Å². The van der Waals surface area contributed by atoms with Gasteiger partial charge in [-0.2, -0.15) is 0 Å². The lowest BCUT2D eigenvalue weighted by atomic mass is 9.73. The number of hydrogen-bond acceptors (Lipinski definition) is 6. The molecule has 7 rings (SSSR count). The second-order valence-corrected chi connectivity index (χ2v) is 10.3. The molecule has 1 N–H and O–H groups in total. The van der Waals surface area contributed by atoms with Crippen LogP contribution >= 0.6 is 0 Å². The van der Waals surface area contributed by atoms with Gasteiger partial charge in [0.05, 0.1) is 29.4 Å². The van der Waals surface area contributed by atoms with Crippen LogP contribution in [0.3, 0.4) is 0 Å². The molecule has 190 valence electrons. The maximum atomic E-state index is 12.6. The molecule has 7 nitrogen and oxygen atoms in total. The zero-order valence-corrected chi connectivity index (χ0v) is 20.8. The number of ether oxygens (including phenoxy) is 1. The summed E-state index contributed by atoms with van der Waals surface area (Å²) in [6.07, 6.45) is 5.87. The molecule has 5 heterocycles. The summed E-state index contributed by atoms with van der Waals surface area (Å²) >= 11 is 0. The number of rotatable bonds is 8. The van der Waals surface area contributed by atoms with Gasteiger partial charge in [-0.15, -0.1) is 6.58 Å². The highest BCUT2D eigenvalue weighted by atomic mass is 16.5. The van der Waals surface area contributed by atoms with Crippen LogP contribution in [-0.2, 0) is 0 Å². The van der Waals surface area contributed by atoms with Gasteiger partial charge in [-0.1, -0.05) is 18.2 Å². The summed E-state index contributed by atoms with van der Waals surface area (Å²) in [7, 11) is 0. The molecule has 3 aromatic rings. The Bertz CT molecular complexity index is 1340. The first kappa shape index (κ1) is 23.8. The fourth-order valence-corrected chi connectivity index (χ4v) is 6.26. The van der Waals surface area contributed by atoms with Gasteiger partial charge in [0.1, 0.15) is 5.75 Å². The van der Waals surface area contributed by atoms with Gasteiger partial charge in [-0.3, -0.25) is 24.4 Å². The van der Waals surface area contributed by atoms with Crippen LogP contribution in [0.2, 0.25) is 0 Å². The Balaban J connectivity index is 1.13. The van der Waals surface area contributed by atoms with E-state index in [4.69, 9.17) is 4.74 Å². The topological polar surface area (TPSA) is 83.0 Å². The van der Waals surface area contributed by atoms with E-state index in [0.717, 1.165) is 42.4 Å². The number of benzene rings is 2. The molecule has 3 fully saturated rings. The van der Waals surface area contributed by atoms with Crippen molar-refractivity contribution in [2.45, 2.75) is 31.4 Å². The van der Waals surface area contributed by atoms with Crippen molar-refractivity contribution < 1.29 is 19.4 Å². The Labute approximate surface area is 216 Å². The fourth-order valence-electron chi connectivity index (χ4n) is 6.26. The number of amides is 2. The van der Waals surface area contributed by atoms with Crippen molar-refractivity contribution in [3.8, 4) is 5.75 Å². The second-order valence-electron chi connectivity index (χ2n) is 10.3. The third-order valence-electron chi connectivity index (χ3n) is 8.26. The molecule has 0 radical (unpaired) electrons. The largest absolute Gasteiger partial charge is 0.494 e. The lowest BCUT2D eigenvalue weighted by Crippen LogP contribution is -2.54. The number of fused-ring (bicyclic) bond motifs is 5. The Kier molecular flexibility index (Phi) is 6.26. The summed E-state index contributed by atoms with van der Waals surface area (Å²) in [6, 6.07) is 14.6. The monoisotopic (exact) mass is 497 g/mol. The summed E-state index contributed by atoms with van der Waals surface area (Å²) in [5.74, 6) is 1.27. The number of hydrogen-bond donors (Lipinski definition) is 1. The first-order chi connectivity index (χ1) is 18.0. The third-order valence-corrected chi connectivity index (χ3v) is 8.26. The normalized spacial score (nSPS) is 25.4. The molecule has 2 amide bonds. The van der Waals surface area contributed by atoms with Crippen molar-refractivity contribution in [3.05, 3.63) is 84.1 Å². The highest BCUT2D eigenvalue weighted by Gasteiger charge is 2.42. The van der Waals surface area contributed by atoms with E-state index in [2.05, 4.69) is 22.5 Å². The molecule has 37 heavy (non-hydrogen) atoms. The van der Waals surface area contributed by atoms with E-state index in [1.165, 1.54) is 4.90 Å². The van der Waals surface area contributed by atoms with E-state index >= 15 is 0 Å². The maximum absolute atomic E-state index is 12.6. The number of nitrogens with zero attached hydrogens (tertiary/aromatic N) is 3. The molecule has 0 saturated carbocycles. The second kappa shape index (κ2) is 9.72. The van der Waals surface area contributed by atoms with Crippen LogP contribution in [0.4, 0.5) is 0 Å². The van der Waals surface area contributed by atoms with Crippen molar-refractivity contribution in [3.63, 3.8) is 0 Å². The lowest BCUT2D eigenvalue weighted by Gasteiger charge is -2.50. The average Bonchev–Trinajstić information content (AvgIpc) is 3.19. The van der Waals surface area contributed by atoms with Crippen LogP contribution in [0.15, 0.2) is 67.4 Å². The van der Waals surface area contributed by atoms with Gasteiger partial charge in [0.2, 0.25) is 0 Å². The van der Waals surface area contributed by atoms with Gasteiger partial charge < -0.3 is 9.84 Å². The number of piperidine rings is 3. The predicted octanol–water partition coefficient (Wildman–Crippen LogP) is 4.23. The number of pyridine rings is 1. The highest BCUT2D eigenvalue weighted by Crippen LogP contribution is 2.42. The zero-order chi connectivity index (χ0) is 25.5. The van der Waals surface area contributed by atoms with Gasteiger partial charge in [0.25, 0.3) is 11.8 Å². The molecular formula is C30H31N3O4. The van der Waals surface area contributed by atoms with Crippen molar-refractivity contribution in [2.24, 2.45) is 11.8 Å². The van der Waals surface area contributed by atoms with Gasteiger partial charge in [-0.05, 0) is 79.6 Å². The fraction of sp³-hybridized carbons (Fsp3) is 0.367. The summed E-state index contributed by atoms with van der Waals surface area (Å²) < 4.78 is 6.00. The molecule has 2 bridgehead atoms. The number of aliphatic hydroxyl groups is 1. The Hall–Kier alpha value is -3.55.